The molecule has 0 bridgehead atoms. The van der Waals surface area contributed by atoms with Gasteiger partial charge in [0.15, 0.2) is 12.4 Å². The number of aliphatic hydroxyl groups is 8. The molecule has 1 saturated carbocycles. The summed E-state index contributed by atoms with van der Waals surface area (Å²) in [6, 6.07) is 0. The highest BCUT2D eigenvalue weighted by molar-refractivity contribution is 7.47. The van der Waals surface area contributed by atoms with Gasteiger partial charge in [-0.3, -0.25) is 13.8 Å². The van der Waals surface area contributed by atoms with Crippen LogP contribution in [0.25, 0.3) is 0 Å². The first-order chi connectivity index (χ1) is 34.7. The molecule has 0 aromatic rings. The van der Waals surface area contributed by atoms with Crippen molar-refractivity contribution in [3.05, 3.63) is 24.3 Å². The zero-order valence-corrected chi connectivity index (χ0v) is 44.6. The van der Waals surface area contributed by atoms with Crippen molar-refractivity contribution in [3.63, 3.8) is 0 Å². The molecular formula is C53H97O18P. The van der Waals surface area contributed by atoms with Gasteiger partial charge in [-0.15, -0.1) is 0 Å². The third-order valence-corrected chi connectivity index (χ3v) is 14.5. The van der Waals surface area contributed by atoms with Crippen molar-refractivity contribution >= 4 is 19.8 Å². The fourth-order valence-corrected chi connectivity index (χ4v) is 9.93. The van der Waals surface area contributed by atoms with Crippen LogP contribution in [-0.2, 0) is 42.1 Å². The number of hydrogen-bond acceptors (Lipinski definition) is 17. The van der Waals surface area contributed by atoms with E-state index < -0.39 is 113 Å². The maximum atomic E-state index is 13.4. The van der Waals surface area contributed by atoms with Gasteiger partial charge in [-0.1, -0.05) is 199 Å². The number of carbonyl (C=O) groups is 2. The lowest BCUT2D eigenvalue weighted by molar-refractivity contribution is -0.338. The Kier molecular flexibility index (Phi) is 37.2. The van der Waals surface area contributed by atoms with Gasteiger partial charge in [0.05, 0.1) is 13.2 Å². The lowest BCUT2D eigenvalue weighted by Crippen LogP contribution is -2.67. The Balaban J connectivity index is 1.93. The number of phosphoric acid groups is 1. The number of unbranched alkanes of at least 4 members (excludes halogenated alkanes) is 27. The van der Waals surface area contributed by atoms with Crippen LogP contribution in [0.5, 0.6) is 0 Å². The minimum Gasteiger partial charge on any atom is -0.462 e. The molecule has 19 heteroatoms. The number of phosphoric ester groups is 1. The molecule has 13 atom stereocenters. The predicted molar refractivity (Wildman–Crippen MR) is 272 cm³/mol. The highest BCUT2D eigenvalue weighted by atomic mass is 31.2. The molecule has 72 heavy (non-hydrogen) atoms. The molecule has 0 amide bonds. The Morgan fingerprint density at radius 3 is 1.49 bits per heavy atom. The maximum Gasteiger partial charge on any atom is 0.472 e. The van der Waals surface area contributed by atoms with Gasteiger partial charge in [0.25, 0.3) is 0 Å². The van der Waals surface area contributed by atoms with E-state index in [0.29, 0.717) is 6.42 Å². The van der Waals surface area contributed by atoms with Crippen LogP contribution >= 0.6 is 7.82 Å². The minimum atomic E-state index is -5.40. The average Bonchev–Trinajstić information content (AvgIpc) is 3.36. The Morgan fingerprint density at radius 1 is 0.556 bits per heavy atom. The standard InChI is InChI=1S/C53H97O18P/c1-3-5-7-9-11-13-15-17-19-20-22-23-25-27-29-31-33-35-42(55)66-38-40(68-43(56)36-34-32-30-28-26-24-21-18-16-14-12-10-8-6-4-2)39-67-72(64,65)71-52-49(62)47(60)46(59)48(61)51(52)70-53-50(63)45(58)44(57)41(37-54)69-53/h30,32,34,36,40-41,44-54,57-63H,3-29,31,33,35,37-39H2,1-2H3,(H,64,65)/b32-30+,36-34+. The first-order valence-electron chi connectivity index (χ1n) is 27.7. The van der Waals surface area contributed by atoms with Crippen molar-refractivity contribution < 1.29 is 87.9 Å². The van der Waals surface area contributed by atoms with Crippen LogP contribution in [0, 0.1) is 0 Å². The number of allylic oxidation sites excluding steroid dienone is 3. The van der Waals surface area contributed by atoms with Gasteiger partial charge >= 0.3 is 19.8 Å². The molecule has 422 valence electrons. The van der Waals surface area contributed by atoms with Crippen LogP contribution in [-0.4, -0.2) is 151 Å². The molecule has 0 aromatic carbocycles. The van der Waals surface area contributed by atoms with Crippen molar-refractivity contribution in [2.75, 3.05) is 19.8 Å². The quantitative estimate of drug-likeness (QED) is 0.00942. The Bertz CT molecular complexity index is 1480. The fourth-order valence-electron chi connectivity index (χ4n) is 8.97. The molecular weight excluding hydrogens is 956 g/mol. The number of esters is 2. The highest BCUT2D eigenvalue weighted by Crippen LogP contribution is 2.48. The van der Waals surface area contributed by atoms with Crippen LogP contribution in [0.2, 0.25) is 0 Å². The number of ether oxygens (including phenoxy) is 4. The van der Waals surface area contributed by atoms with E-state index in [1.165, 1.54) is 141 Å². The summed E-state index contributed by atoms with van der Waals surface area (Å²) in [6.45, 7) is 2.16. The van der Waals surface area contributed by atoms with Crippen LogP contribution in [0.1, 0.15) is 206 Å². The number of aliphatic hydroxyl groups excluding tert-OH is 8. The Labute approximate surface area is 430 Å². The van der Waals surface area contributed by atoms with Gasteiger partial charge in [0.2, 0.25) is 0 Å². The van der Waals surface area contributed by atoms with E-state index in [1.807, 2.05) is 6.08 Å². The van der Waals surface area contributed by atoms with E-state index in [1.54, 1.807) is 6.08 Å². The normalized spacial score (nSPS) is 27.1. The Morgan fingerprint density at radius 2 is 1.00 bits per heavy atom. The smallest absolute Gasteiger partial charge is 0.462 e. The van der Waals surface area contributed by atoms with Gasteiger partial charge in [-0.25, -0.2) is 9.36 Å². The van der Waals surface area contributed by atoms with Crippen LogP contribution in [0.15, 0.2) is 24.3 Å². The molecule has 1 saturated heterocycles. The topological polar surface area (TPSA) is 289 Å². The molecule has 2 fully saturated rings. The summed E-state index contributed by atoms with van der Waals surface area (Å²) >= 11 is 0. The molecule has 0 radical (unpaired) electrons. The third-order valence-electron chi connectivity index (χ3n) is 13.5. The summed E-state index contributed by atoms with van der Waals surface area (Å²) in [6.07, 6.45) is 17.4. The van der Waals surface area contributed by atoms with E-state index in [-0.39, 0.29) is 6.42 Å². The SMILES string of the molecule is CCCCCCCCCCCCC/C=C/C=C/C(=O)OC(COC(=O)CCCCCCCCCCCCCCCCCCC)COP(=O)(O)OC1C(O)C(O)C(O)C(O)C1OC1OC(CO)C(O)C(O)C1O. The van der Waals surface area contributed by atoms with Gasteiger partial charge in [-0.05, 0) is 19.3 Å². The summed E-state index contributed by atoms with van der Waals surface area (Å²) in [5.74, 6) is -1.46. The van der Waals surface area contributed by atoms with E-state index in [0.717, 1.165) is 51.0 Å². The second-order valence-corrected chi connectivity index (χ2v) is 21.3. The minimum absolute atomic E-state index is 0.0947. The van der Waals surface area contributed by atoms with Crippen molar-refractivity contribution in [1.82, 2.24) is 0 Å². The van der Waals surface area contributed by atoms with Crippen LogP contribution in [0.3, 0.4) is 0 Å². The number of rotatable bonds is 43. The number of carbonyl (C=O) groups excluding carboxylic acids is 2. The lowest BCUT2D eigenvalue weighted by Gasteiger charge is -2.47. The van der Waals surface area contributed by atoms with Gasteiger partial charge in [-0.2, -0.15) is 0 Å². The summed E-state index contributed by atoms with van der Waals surface area (Å²) in [5, 5.41) is 83.0. The highest BCUT2D eigenvalue weighted by Gasteiger charge is 2.55. The van der Waals surface area contributed by atoms with Crippen molar-refractivity contribution in [2.24, 2.45) is 0 Å². The molecule has 18 nitrogen and oxygen atoms in total. The summed E-state index contributed by atoms with van der Waals surface area (Å²) in [5.41, 5.74) is 0. The zero-order valence-electron chi connectivity index (χ0n) is 43.7. The summed E-state index contributed by atoms with van der Waals surface area (Å²) in [4.78, 5) is 36.5. The van der Waals surface area contributed by atoms with Gasteiger partial charge < -0.3 is 64.7 Å². The van der Waals surface area contributed by atoms with E-state index in [9.17, 15) is 59.9 Å². The van der Waals surface area contributed by atoms with Gasteiger partial charge in [0.1, 0.15) is 67.6 Å². The van der Waals surface area contributed by atoms with Crippen LogP contribution < -0.4 is 0 Å². The molecule has 1 aliphatic carbocycles. The second-order valence-electron chi connectivity index (χ2n) is 19.9. The summed E-state index contributed by atoms with van der Waals surface area (Å²) < 4.78 is 45.4. The molecule has 2 rings (SSSR count). The van der Waals surface area contributed by atoms with Crippen molar-refractivity contribution in [2.45, 2.75) is 280 Å². The lowest BCUT2D eigenvalue weighted by atomic mass is 9.84. The monoisotopic (exact) mass is 1050 g/mol. The average molecular weight is 1050 g/mol. The first-order valence-corrected chi connectivity index (χ1v) is 29.2. The number of hydrogen-bond donors (Lipinski definition) is 9. The largest absolute Gasteiger partial charge is 0.472 e. The first kappa shape index (κ1) is 66.2. The van der Waals surface area contributed by atoms with Gasteiger partial charge in [0, 0.05) is 12.5 Å². The maximum absolute atomic E-state index is 13.4. The third kappa shape index (κ3) is 28.3. The van der Waals surface area contributed by atoms with Crippen LogP contribution in [0.4, 0.5) is 0 Å². The van der Waals surface area contributed by atoms with E-state index in [4.69, 9.17) is 28.0 Å². The molecule has 0 aromatic heterocycles. The van der Waals surface area contributed by atoms with E-state index in [2.05, 4.69) is 13.8 Å². The Hall–Kier alpha value is -1.87. The van der Waals surface area contributed by atoms with Crippen molar-refractivity contribution in [3.8, 4) is 0 Å². The van der Waals surface area contributed by atoms with E-state index >= 15 is 0 Å². The second kappa shape index (κ2) is 40.4. The predicted octanol–water partition coefficient (Wildman–Crippen LogP) is 7.44. The van der Waals surface area contributed by atoms with Crippen molar-refractivity contribution in [1.29, 1.82) is 0 Å². The molecule has 2 aliphatic rings. The molecule has 9 N–H and O–H groups in total. The molecule has 1 aliphatic heterocycles. The fraction of sp³-hybridized carbons (Fsp3) is 0.887. The molecule has 1 heterocycles. The molecule has 0 spiro atoms. The molecule has 13 unspecified atom stereocenters. The zero-order chi connectivity index (χ0) is 53.0. The summed E-state index contributed by atoms with van der Waals surface area (Å²) in [7, 11) is -5.40.